The van der Waals surface area contributed by atoms with E-state index in [2.05, 4.69) is 41.9 Å². The highest BCUT2D eigenvalue weighted by molar-refractivity contribution is 9.10. The molecule has 0 aliphatic heterocycles. The fourth-order valence-electron chi connectivity index (χ4n) is 2.83. The average Bonchev–Trinajstić information content (AvgIpc) is 2.25. The van der Waals surface area contributed by atoms with E-state index in [9.17, 15) is 0 Å². The lowest BCUT2D eigenvalue weighted by Crippen LogP contribution is -2.39. The SMILES string of the molecule is Cc1ccc(Br)c(C2(N)CCCCC2)c1C. The van der Waals surface area contributed by atoms with Crippen molar-refractivity contribution in [2.75, 3.05) is 0 Å². The van der Waals surface area contributed by atoms with Crippen LogP contribution >= 0.6 is 15.9 Å². The zero-order chi connectivity index (χ0) is 11.8. The Kier molecular flexibility index (Phi) is 3.41. The average molecular weight is 282 g/mol. The van der Waals surface area contributed by atoms with Crippen molar-refractivity contribution in [3.8, 4) is 0 Å². The Morgan fingerprint density at radius 3 is 2.38 bits per heavy atom. The molecule has 2 rings (SSSR count). The number of aryl methyl sites for hydroxylation is 1. The van der Waals surface area contributed by atoms with Crippen LogP contribution in [-0.2, 0) is 5.54 Å². The lowest BCUT2D eigenvalue weighted by atomic mass is 9.75. The molecule has 0 bridgehead atoms. The van der Waals surface area contributed by atoms with Gasteiger partial charge in [-0.15, -0.1) is 0 Å². The second-order valence-corrected chi connectivity index (χ2v) is 5.94. The summed E-state index contributed by atoms with van der Waals surface area (Å²) in [7, 11) is 0. The van der Waals surface area contributed by atoms with Gasteiger partial charge in [0, 0.05) is 10.0 Å². The van der Waals surface area contributed by atoms with E-state index in [0.717, 1.165) is 12.8 Å². The molecule has 0 atom stereocenters. The van der Waals surface area contributed by atoms with Gasteiger partial charge in [0.25, 0.3) is 0 Å². The maximum Gasteiger partial charge on any atom is 0.0423 e. The van der Waals surface area contributed by atoms with Crippen molar-refractivity contribution < 1.29 is 0 Å². The molecule has 1 aliphatic rings. The smallest absolute Gasteiger partial charge is 0.0423 e. The van der Waals surface area contributed by atoms with Crippen LogP contribution in [0.1, 0.15) is 48.8 Å². The van der Waals surface area contributed by atoms with Crippen molar-refractivity contribution in [1.82, 2.24) is 0 Å². The van der Waals surface area contributed by atoms with E-state index in [1.165, 1.54) is 40.4 Å². The summed E-state index contributed by atoms with van der Waals surface area (Å²) in [5.74, 6) is 0. The van der Waals surface area contributed by atoms with Gasteiger partial charge in [-0.25, -0.2) is 0 Å². The van der Waals surface area contributed by atoms with Gasteiger partial charge in [0.1, 0.15) is 0 Å². The lowest BCUT2D eigenvalue weighted by molar-refractivity contribution is 0.300. The molecule has 1 saturated carbocycles. The first kappa shape index (κ1) is 12.1. The van der Waals surface area contributed by atoms with Gasteiger partial charge in [0.05, 0.1) is 0 Å². The molecule has 2 N–H and O–H groups in total. The van der Waals surface area contributed by atoms with Gasteiger partial charge in [0.15, 0.2) is 0 Å². The molecular formula is C14H20BrN. The molecule has 1 fully saturated rings. The van der Waals surface area contributed by atoms with E-state index < -0.39 is 0 Å². The van der Waals surface area contributed by atoms with Crippen LogP contribution < -0.4 is 5.73 Å². The minimum absolute atomic E-state index is 0.104. The largest absolute Gasteiger partial charge is 0.321 e. The topological polar surface area (TPSA) is 26.0 Å². The van der Waals surface area contributed by atoms with Crippen LogP contribution in [0.25, 0.3) is 0 Å². The van der Waals surface area contributed by atoms with Crippen molar-refractivity contribution in [2.45, 2.75) is 51.5 Å². The Morgan fingerprint density at radius 2 is 1.75 bits per heavy atom. The van der Waals surface area contributed by atoms with Gasteiger partial charge in [-0.1, -0.05) is 41.3 Å². The first-order valence-corrected chi connectivity index (χ1v) is 6.89. The Bertz CT molecular complexity index is 392. The molecule has 1 aromatic rings. The van der Waals surface area contributed by atoms with Gasteiger partial charge >= 0.3 is 0 Å². The third-order valence-electron chi connectivity index (χ3n) is 3.93. The first-order chi connectivity index (χ1) is 7.54. The Balaban J connectivity index is 2.49. The summed E-state index contributed by atoms with van der Waals surface area (Å²) in [6.45, 7) is 4.36. The Hall–Kier alpha value is -0.340. The Morgan fingerprint density at radius 1 is 1.12 bits per heavy atom. The summed E-state index contributed by atoms with van der Waals surface area (Å²) >= 11 is 3.67. The molecule has 88 valence electrons. The summed E-state index contributed by atoms with van der Waals surface area (Å²) in [5, 5.41) is 0. The highest BCUT2D eigenvalue weighted by Gasteiger charge is 2.32. The van der Waals surface area contributed by atoms with Crippen molar-refractivity contribution in [3.63, 3.8) is 0 Å². The molecule has 16 heavy (non-hydrogen) atoms. The number of halogens is 1. The second kappa shape index (κ2) is 4.50. The van der Waals surface area contributed by atoms with E-state index in [0.29, 0.717) is 0 Å². The number of hydrogen-bond donors (Lipinski definition) is 1. The lowest BCUT2D eigenvalue weighted by Gasteiger charge is -2.36. The quantitative estimate of drug-likeness (QED) is 0.821. The number of rotatable bonds is 1. The molecule has 0 saturated heterocycles. The predicted octanol–water partition coefficient (Wildman–Crippen LogP) is 4.18. The third kappa shape index (κ3) is 2.05. The highest BCUT2D eigenvalue weighted by atomic mass is 79.9. The first-order valence-electron chi connectivity index (χ1n) is 6.10. The minimum Gasteiger partial charge on any atom is -0.321 e. The summed E-state index contributed by atoms with van der Waals surface area (Å²) < 4.78 is 1.18. The van der Waals surface area contributed by atoms with Crippen LogP contribution in [0.4, 0.5) is 0 Å². The number of nitrogens with two attached hydrogens (primary N) is 1. The second-order valence-electron chi connectivity index (χ2n) is 5.08. The van der Waals surface area contributed by atoms with E-state index in [-0.39, 0.29) is 5.54 Å². The minimum atomic E-state index is -0.104. The molecule has 1 nitrogen and oxygen atoms in total. The van der Waals surface area contributed by atoms with Crippen LogP contribution in [0.3, 0.4) is 0 Å². The van der Waals surface area contributed by atoms with Crippen LogP contribution in [0.15, 0.2) is 16.6 Å². The normalized spacial score (nSPS) is 19.8. The van der Waals surface area contributed by atoms with Crippen molar-refractivity contribution in [3.05, 3.63) is 33.3 Å². The van der Waals surface area contributed by atoms with E-state index >= 15 is 0 Å². The van der Waals surface area contributed by atoms with Crippen LogP contribution in [0.2, 0.25) is 0 Å². The summed E-state index contributed by atoms with van der Waals surface area (Å²) in [4.78, 5) is 0. The van der Waals surface area contributed by atoms with E-state index in [4.69, 9.17) is 5.73 Å². The maximum atomic E-state index is 6.62. The predicted molar refractivity (Wildman–Crippen MR) is 72.6 cm³/mol. The molecule has 1 aliphatic carbocycles. The van der Waals surface area contributed by atoms with Gasteiger partial charge in [0.2, 0.25) is 0 Å². The molecule has 0 heterocycles. The Labute approximate surface area is 107 Å². The number of hydrogen-bond acceptors (Lipinski definition) is 1. The zero-order valence-corrected chi connectivity index (χ0v) is 11.7. The molecule has 2 heteroatoms. The molecule has 0 amide bonds. The fourth-order valence-corrected chi connectivity index (χ4v) is 3.65. The van der Waals surface area contributed by atoms with Crippen molar-refractivity contribution >= 4 is 15.9 Å². The van der Waals surface area contributed by atoms with E-state index in [1.54, 1.807) is 0 Å². The van der Waals surface area contributed by atoms with Gasteiger partial charge in [-0.3, -0.25) is 0 Å². The van der Waals surface area contributed by atoms with Gasteiger partial charge in [-0.2, -0.15) is 0 Å². The monoisotopic (exact) mass is 281 g/mol. The molecule has 0 unspecified atom stereocenters. The highest BCUT2D eigenvalue weighted by Crippen LogP contribution is 2.40. The summed E-state index contributed by atoms with van der Waals surface area (Å²) in [6, 6.07) is 4.30. The third-order valence-corrected chi connectivity index (χ3v) is 4.59. The molecule has 0 spiro atoms. The van der Waals surface area contributed by atoms with Crippen molar-refractivity contribution in [1.29, 1.82) is 0 Å². The van der Waals surface area contributed by atoms with Crippen LogP contribution in [0, 0.1) is 13.8 Å². The summed E-state index contributed by atoms with van der Waals surface area (Å²) in [6.07, 6.45) is 6.10. The molecule has 0 radical (unpaired) electrons. The van der Waals surface area contributed by atoms with Crippen LogP contribution in [0.5, 0.6) is 0 Å². The molecule has 1 aromatic carbocycles. The van der Waals surface area contributed by atoms with Gasteiger partial charge < -0.3 is 5.73 Å². The van der Waals surface area contributed by atoms with Crippen LogP contribution in [-0.4, -0.2) is 0 Å². The van der Waals surface area contributed by atoms with Crippen molar-refractivity contribution in [2.24, 2.45) is 5.73 Å². The zero-order valence-electron chi connectivity index (χ0n) is 10.1. The maximum absolute atomic E-state index is 6.62. The van der Waals surface area contributed by atoms with E-state index in [1.807, 2.05) is 0 Å². The molecule has 0 aromatic heterocycles. The molecular weight excluding hydrogens is 262 g/mol. The summed E-state index contributed by atoms with van der Waals surface area (Å²) in [5.41, 5.74) is 10.6. The standard InChI is InChI=1S/C14H20BrN/c1-10-6-7-12(15)13(11(10)2)14(16)8-4-3-5-9-14/h6-7H,3-5,8-9,16H2,1-2H3. The fraction of sp³-hybridized carbons (Fsp3) is 0.571. The number of benzene rings is 1. The van der Waals surface area contributed by atoms with Gasteiger partial charge in [-0.05, 0) is 49.4 Å².